The molecule has 168 valence electrons. The van der Waals surface area contributed by atoms with Gasteiger partial charge in [-0.05, 0) is 24.7 Å². The summed E-state index contributed by atoms with van der Waals surface area (Å²) in [4.78, 5) is 68.5. The molecule has 2 atom stereocenters. The number of imide groups is 2. The molecule has 2 aliphatic rings. The van der Waals surface area contributed by atoms with Crippen molar-refractivity contribution in [3.05, 3.63) is 0 Å². The Morgan fingerprint density at radius 1 is 0.767 bits per heavy atom. The van der Waals surface area contributed by atoms with Crippen molar-refractivity contribution in [3.63, 3.8) is 0 Å². The lowest BCUT2D eigenvalue weighted by molar-refractivity contribution is -0.147. The van der Waals surface area contributed by atoms with Gasteiger partial charge < -0.3 is 20.8 Å². The first kappa shape index (κ1) is 24.9. The minimum absolute atomic E-state index is 0.104. The first-order valence-corrected chi connectivity index (χ1v) is 9.52. The number of hydrogen-bond acceptors (Lipinski definition) is 6. The number of aliphatic carboxylic acids is 2. The predicted molar refractivity (Wildman–Crippen MR) is 102 cm³/mol. The van der Waals surface area contributed by atoms with Gasteiger partial charge in [0.05, 0.1) is 13.1 Å². The third kappa shape index (κ3) is 6.42. The molecule has 0 aromatic rings. The minimum Gasteiger partial charge on any atom is -0.480 e. The predicted octanol–water partition coefficient (Wildman–Crippen LogP) is 0.0750. The smallest absolute Gasteiger partial charge is 0.326 e. The fraction of sp³-hybridized carbons (Fsp3) is 0.667. The Morgan fingerprint density at radius 2 is 1.07 bits per heavy atom. The molecule has 0 bridgehead atoms. The molecule has 6 amide bonds. The first-order chi connectivity index (χ1) is 13.9. The number of carbonyl (C=O) groups is 6. The summed E-state index contributed by atoms with van der Waals surface area (Å²) in [5.41, 5.74) is 0. The van der Waals surface area contributed by atoms with Gasteiger partial charge in [0, 0.05) is 0 Å². The van der Waals surface area contributed by atoms with E-state index in [1.165, 1.54) is 0 Å². The lowest BCUT2D eigenvalue weighted by atomic mass is 10.0. The van der Waals surface area contributed by atoms with Crippen LogP contribution >= 0.6 is 0 Å². The average Bonchev–Trinajstić information content (AvgIpc) is 3.12. The van der Waals surface area contributed by atoms with Crippen LogP contribution in [0.15, 0.2) is 0 Å². The number of amides is 6. The van der Waals surface area contributed by atoms with Crippen molar-refractivity contribution in [2.75, 3.05) is 13.1 Å². The largest absolute Gasteiger partial charge is 0.480 e. The standard InChI is InChI=1S/2C9H14N2O4/c2*1-5(2)3-6(8(13)14)11-7(12)4-10-9(11)15/h2*5-6H,3-4H2,1-2H3,(H,10,15)(H,13,14)/t2*6-/m10/s1. The van der Waals surface area contributed by atoms with Crippen LogP contribution < -0.4 is 10.6 Å². The van der Waals surface area contributed by atoms with E-state index in [2.05, 4.69) is 10.6 Å². The van der Waals surface area contributed by atoms with Gasteiger partial charge in [-0.2, -0.15) is 0 Å². The van der Waals surface area contributed by atoms with Crippen molar-refractivity contribution in [2.24, 2.45) is 11.8 Å². The highest BCUT2D eigenvalue weighted by atomic mass is 16.4. The molecule has 0 radical (unpaired) electrons. The molecule has 0 spiro atoms. The first-order valence-electron chi connectivity index (χ1n) is 9.52. The topological polar surface area (TPSA) is 173 Å². The van der Waals surface area contributed by atoms with E-state index in [4.69, 9.17) is 10.2 Å². The molecule has 0 saturated carbocycles. The van der Waals surface area contributed by atoms with Crippen LogP contribution in [0.1, 0.15) is 40.5 Å². The van der Waals surface area contributed by atoms with Crippen molar-refractivity contribution in [2.45, 2.75) is 52.6 Å². The number of rotatable bonds is 8. The maximum absolute atomic E-state index is 11.3. The summed E-state index contributed by atoms with van der Waals surface area (Å²) in [6.07, 6.45) is 0.545. The van der Waals surface area contributed by atoms with Crippen LogP contribution in [0.4, 0.5) is 9.59 Å². The Bertz CT molecular complexity index is 629. The molecule has 30 heavy (non-hydrogen) atoms. The molecular formula is C18H28N4O8. The second-order valence-electron chi connectivity index (χ2n) is 7.81. The van der Waals surface area contributed by atoms with E-state index >= 15 is 0 Å². The lowest BCUT2D eigenvalue weighted by Crippen LogP contribution is -2.46. The zero-order valence-corrected chi connectivity index (χ0v) is 17.4. The van der Waals surface area contributed by atoms with Crippen molar-refractivity contribution < 1.29 is 39.0 Å². The van der Waals surface area contributed by atoms with Crippen LogP contribution in [0, 0.1) is 11.8 Å². The van der Waals surface area contributed by atoms with Crippen molar-refractivity contribution in [3.8, 4) is 0 Å². The van der Waals surface area contributed by atoms with Crippen molar-refractivity contribution in [1.82, 2.24) is 20.4 Å². The van der Waals surface area contributed by atoms with Gasteiger partial charge in [-0.3, -0.25) is 9.59 Å². The second kappa shape index (κ2) is 10.6. The van der Waals surface area contributed by atoms with Crippen LogP contribution in [-0.2, 0) is 19.2 Å². The SMILES string of the molecule is CC(C)C[C@@H](C(=O)O)N1C(=O)CNC1=O.CC(C)C[C@H](C(=O)O)N1C(=O)CNC1=O. The number of carboxylic acids is 2. The van der Waals surface area contributed by atoms with Gasteiger partial charge in [-0.15, -0.1) is 0 Å². The minimum atomic E-state index is -1.14. The van der Waals surface area contributed by atoms with E-state index in [0.29, 0.717) is 0 Å². The highest BCUT2D eigenvalue weighted by Crippen LogP contribution is 2.16. The van der Waals surface area contributed by atoms with E-state index in [1.54, 1.807) is 0 Å². The fourth-order valence-corrected chi connectivity index (χ4v) is 3.03. The molecule has 2 saturated heterocycles. The molecule has 2 fully saturated rings. The van der Waals surface area contributed by atoms with Gasteiger partial charge in [0.15, 0.2) is 0 Å². The van der Waals surface area contributed by atoms with Crippen LogP contribution in [0.5, 0.6) is 0 Å². The Balaban J connectivity index is 0.000000300. The fourth-order valence-electron chi connectivity index (χ4n) is 3.03. The van der Waals surface area contributed by atoms with Gasteiger partial charge >= 0.3 is 24.0 Å². The normalized spacial score (nSPS) is 18.2. The molecule has 0 aliphatic carbocycles. The number of hydrogen-bond donors (Lipinski definition) is 4. The van der Waals surface area contributed by atoms with Crippen LogP contribution in [0.3, 0.4) is 0 Å². The summed E-state index contributed by atoms with van der Waals surface area (Å²) >= 11 is 0. The zero-order chi connectivity index (χ0) is 23.2. The number of urea groups is 2. The lowest BCUT2D eigenvalue weighted by Gasteiger charge is -2.22. The molecule has 2 rings (SSSR count). The van der Waals surface area contributed by atoms with Crippen molar-refractivity contribution >= 4 is 35.8 Å². The van der Waals surface area contributed by atoms with Crippen LogP contribution in [0.25, 0.3) is 0 Å². The van der Waals surface area contributed by atoms with Crippen molar-refractivity contribution in [1.29, 1.82) is 0 Å². The van der Waals surface area contributed by atoms with Gasteiger partial charge in [0.1, 0.15) is 12.1 Å². The molecule has 2 aliphatic heterocycles. The Labute approximate surface area is 173 Å². The zero-order valence-electron chi connectivity index (χ0n) is 17.4. The molecular weight excluding hydrogens is 400 g/mol. The van der Waals surface area contributed by atoms with E-state index in [0.717, 1.165) is 9.80 Å². The summed E-state index contributed by atoms with van der Waals surface area (Å²) in [7, 11) is 0. The van der Waals surface area contributed by atoms with Gasteiger partial charge in [0.25, 0.3) is 11.8 Å². The summed E-state index contributed by atoms with van der Waals surface area (Å²) in [6.45, 7) is 7.15. The monoisotopic (exact) mass is 428 g/mol. The Kier molecular flexibility index (Phi) is 8.75. The third-order valence-corrected chi connectivity index (χ3v) is 4.34. The third-order valence-electron chi connectivity index (χ3n) is 4.34. The average molecular weight is 428 g/mol. The number of carbonyl (C=O) groups excluding carboxylic acids is 4. The molecule has 4 N–H and O–H groups in total. The molecule has 12 nitrogen and oxygen atoms in total. The molecule has 0 aromatic heterocycles. The maximum Gasteiger partial charge on any atom is 0.326 e. The summed E-state index contributed by atoms with van der Waals surface area (Å²) in [6, 6.07) is -3.35. The second-order valence-corrected chi connectivity index (χ2v) is 7.81. The number of nitrogens with one attached hydrogen (secondary N) is 2. The molecule has 12 heteroatoms. The highest BCUT2D eigenvalue weighted by Gasteiger charge is 2.40. The van der Waals surface area contributed by atoms with Gasteiger partial charge in [0.2, 0.25) is 0 Å². The highest BCUT2D eigenvalue weighted by molar-refractivity contribution is 6.05. The Morgan fingerprint density at radius 3 is 1.23 bits per heavy atom. The van der Waals surface area contributed by atoms with Crippen LogP contribution in [0.2, 0.25) is 0 Å². The van der Waals surface area contributed by atoms with E-state index in [-0.39, 0.29) is 37.8 Å². The van der Waals surface area contributed by atoms with E-state index < -0.39 is 47.9 Å². The van der Waals surface area contributed by atoms with Crippen LogP contribution in [-0.4, -0.2) is 81.0 Å². The number of nitrogens with zero attached hydrogens (tertiary/aromatic N) is 2. The quantitative estimate of drug-likeness (QED) is 0.393. The molecule has 0 aromatic carbocycles. The Hall–Kier alpha value is -3.18. The maximum atomic E-state index is 11.3. The van der Waals surface area contributed by atoms with E-state index in [9.17, 15) is 28.8 Å². The van der Waals surface area contributed by atoms with Gasteiger partial charge in [-0.25, -0.2) is 29.0 Å². The molecule has 2 heterocycles. The number of carboxylic acid groups (broad SMARTS) is 2. The van der Waals surface area contributed by atoms with E-state index in [1.807, 2.05) is 27.7 Å². The molecule has 0 unspecified atom stereocenters. The van der Waals surface area contributed by atoms with Gasteiger partial charge in [-0.1, -0.05) is 27.7 Å². The summed E-state index contributed by atoms with van der Waals surface area (Å²) in [5.74, 6) is -3.04. The summed E-state index contributed by atoms with van der Waals surface area (Å²) < 4.78 is 0. The summed E-state index contributed by atoms with van der Waals surface area (Å²) in [5, 5.41) is 22.5.